The van der Waals surface area contributed by atoms with Crippen molar-refractivity contribution in [2.75, 3.05) is 5.73 Å². The van der Waals surface area contributed by atoms with Gasteiger partial charge in [0, 0.05) is 17.8 Å². The van der Waals surface area contributed by atoms with E-state index in [0.717, 1.165) is 20.6 Å². The molecule has 0 bridgehead atoms. The first-order chi connectivity index (χ1) is 9.86. The third-order valence-electron chi connectivity index (χ3n) is 3.18. The van der Waals surface area contributed by atoms with Crippen LogP contribution in [0.3, 0.4) is 0 Å². The van der Waals surface area contributed by atoms with E-state index in [1.165, 1.54) is 0 Å². The standard InChI is InChI=1S/C15H16IN5/c1-15(2,3)12-11(16)13(17)20-14(19-12)9-8-21-7-5-4-6-10(21)18-9/h4-8H,1-3H3,(H2,17,19,20). The quantitative estimate of drug-likeness (QED) is 0.645. The van der Waals surface area contributed by atoms with Crippen molar-refractivity contribution in [3.8, 4) is 11.5 Å². The summed E-state index contributed by atoms with van der Waals surface area (Å²) < 4.78 is 2.86. The molecular formula is C15H16IN5. The van der Waals surface area contributed by atoms with Gasteiger partial charge >= 0.3 is 0 Å². The number of pyridine rings is 1. The van der Waals surface area contributed by atoms with Crippen LogP contribution >= 0.6 is 22.6 Å². The molecule has 3 aromatic rings. The van der Waals surface area contributed by atoms with Crippen molar-refractivity contribution in [3.63, 3.8) is 0 Å². The fraction of sp³-hybridized carbons (Fsp3) is 0.267. The first-order valence-corrected chi connectivity index (χ1v) is 7.72. The Morgan fingerprint density at radius 1 is 1.14 bits per heavy atom. The highest BCUT2D eigenvalue weighted by molar-refractivity contribution is 14.1. The molecule has 3 heterocycles. The Bertz CT molecular complexity index is 784. The van der Waals surface area contributed by atoms with E-state index in [1.807, 2.05) is 35.0 Å². The molecule has 0 radical (unpaired) electrons. The minimum atomic E-state index is -0.0957. The Balaban J connectivity index is 2.20. The van der Waals surface area contributed by atoms with Gasteiger partial charge < -0.3 is 10.1 Å². The summed E-state index contributed by atoms with van der Waals surface area (Å²) in [4.78, 5) is 13.6. The van der Waals surface area contributed by atoms with Gasteiger partial charge in [0.15, 0.2) is 5.82 Å². The van der Waals surface area contributed by atoms with Crippen molar-refractivity contribution in [2.24, 2.45) is 0 Å². The minimum Gasteiger partial charge on any atom is -0.383 e. The molecule has 2 N–H and O–H groups in total. The second-order valence-electron chi connectivity index (χ2n) is 5.94. The summed E-state index contributed by atoms with van der Waals surface area (Å²) >= 11 is 2.20. The Morgan fingerprint density at radius 3 is 2.57 bits per heavy atom. The minimum absolute atomic E-state index is 0.0957. The van der Waals surface area contributed by atoms with Crippen molar-refractivity contribution in [1.82, 2.24) is 19.4 Å². The molecule has 0 aliphatic carbocycles. The van der Waals surface area contributed by atoms with Gasteiger partial charge in [-0.2, -0.15) is 0 Å². The van der Waals surface area contributed by atoms with Crippen molar-refractivity contribution in [2.45, 2.75) is 26.2 Å². The maximum Gasteiger partial charge on any atom is 0.182 e. The lowest BCUT2D eigenvalue weighted by molar-refractivity contribution is 0.564. The smallest absolute Gasteiger partial charge is 0.182 e. The summed E-state index contributed by atoms with van der Waals surface area (Å²) in [6.45, 7) is 6.35. The van der Waals surface area contributed by atoms with Gasteiger partial charge in [-0.3, -0.25) is 0 Å². The van der Waals surface area contributed by atoms with E-state index in [2.05, 4.69) is 53.3 Å². The molecule has 0 amide bonds. The van der Waals surface area contributed by atoms with Gasteiger partial charge in [-0.05, 0) is 34.7 Å². The fourth-order valence-electron chi connectivity index (χ4n) is 2.12. The number of rotatable bonds is 1. The number of aromatic nitrogens is 4. The van der Waals surface area contributed by atoms with Crippen LogP contribution in [0.2, 0.25) is 0 Å². The molecule has 0 aliphatic rings. The zero-order valence-corrected chi connectivity index (χ0v) is 14.3. The highest BCUT2D eigenvalue weighted by Gasteiger charge is 2.23. The Kier molecular flexibility index (Phi) is 3.35. The van der Waals surface area contributed by atoms with Crippen molar-refractivity contribution in [3.05, 3.63) is 39.9 Å². The van der Waals surface area contributed by atoms with E-state index in [4.69, 9.17) is 10.7 Å². The second kappa shape index (κ2) is 4.94. The molecular weight excluding hydrogens is 377 g/mol. The van der Waals surface area contributed by atoms with Crippen LogP contribution in [-0.4, -0.2) is 19.4 Å². The normalized spacial score (nSPS) is 12.0. The van der Waals surface area contributed by atoms with Gasteiger partial charge in [-0.15, -0.1) is 0 Å². The number of hydrogen-bond donors (Lipinski definition) is 1. The van der Waals surface area contributed by atoms with Gasteiger partial charge in [0.1, 0.15) is 17.2 Å². The average Bonchev–Trinajstić information content (AvgIpc) is 2.84. The highest BCUT2D eigenvalue weighted by atomic mass is 127. The number of hydrogen-bond acceptors (Lipinski definition) is 4. The Labute approximate surface area is 136 Å². The van der Waals surface area contributed by atoms with Crippen LogP contribution in [0.15, 0.2) is 30.6 Å². The first kappa shape index (κ1) is 14.2. The molecule has 0 fully saturated rings. The Morgan fingerprint density at radius 2 is 1.90 bits per heavy atom. The lowest BCUT2D eigenvalue weighted by Crippen LogP contribution is -2.18. The summed E-state index contributed by atoms with van der Waals surface area (Å²) in [5, 5.41) is 0. The van der Waals surface area contributed by atoms with Gasteiger partial charge in [0.2, 0.25) is 0 Å². The summed E-state index contributed by atoms with van der Waals surface area (Å²) in [6.07, 6.45) is 3.87. The van der Waals surface area contributed by atoms with Gasteiger partial charge in [0.25, 0.3) is 0 Å². The molecule has 0 saturated carbocycles. The van der Waals surface area contributed by atoms with Crippen LogP contribution in [-0.2, 0) is 5.41 Å². The third-order valence-corrected chi connectivity index (χ3v) is 4.24. The predicted octanol–water partition coefficient (Wildman–Crippen LogP) is 3.28. The first-order valence-electron chi connectivity index (χ1n) is 6.64. The molecule has 0 aromatic carbocycles. The molecule has 0 unspecified atom stereocenters. The number of halogens is 1. The van der Waals surface area contributed by atoms with Crippen molar-refractivity contribution in [1.29, 1.82) is 0 Å². The van der Waals surface area contributed by atoms with Crippen molar-refractivity contribution >= 4 is 34.1 Å². The SMILES string of the molecule is CC(C)(C)c1nc(-c2cn3ccccc3n2)nc(N)c1I. The maximum atomic E-state index is 6.06. The molecule has 3 aromatic heterocycles. The van der Waals surface area contributed by atoms with Crippen LogP contribution in [0.5, 0.6) is 0 Å². The van der Waals surface area contributed by atoms with E-state index >= 15 is 0 Å². The van der Waals surface area contributed by atoms with Crippen LogP contribution in [0.1, 0.15) is 26.5 Å². The number of imidazole rings is 1. The molecule has 0 atom stereocenters. The molecule has 0 spiro atoms. The summed E-state index contributed by atoms with van der Waals surface area (Å²) in [7, 11) is 0. The largest absolute Gasteiger partial charge is 0.383 e. The lowest BCUT2D eigenvalue weighted by atomic mass is 9.92. The van der Waals surface area contributed by atoms with Gasteiger partial charge in [-0.25, -0.2) is 15.0 Å². The summed E-state index contributed by atoms with van der Waals surface area (Å²) in [5.41, 5.74) is 8.51. The van der Waals surface area contributed by atoms with Crippen molar-refractivity contribution < 1.29 is 0 Å². The van der Waals surface area contributed by atoms with Crippen LogP contribution in [0.4, 0.5) is 5.82 Å². The van der Waals surface area contributed by atoms with Crippen LogP contribution in [0.25, 0.3) is 17.2 Å². The zero-order chi connectivity index (χ0) is 15.2. The molecule has 6 heteroatoms. The average molecular weight is 393 g/mol. The van der Waals surface area contributed by atoms with Crippen LogP contribution in [0, 0.1) is 3.57 Å². The summed E-state index contributed by atoms with van der Waals surface area (Å²) in [5.74, 6) is 1.07. The zero-order valence-electron chi connectivity index (χ0n) is 12.1. The van der Waals surface area contributed by atoms with E-state index < -0.39 is 0 Å². The van der Waals surface area contributed by atoms with Crippen LogP contribution < -0.4 is 5.73 Å². The third kappa shape index (κ3) is 2.59. The monoisotopic (exact) mass is 393 g/mol. The van der Waals surface area contributed by atoms with E-state index in [9.17, 15) is 0 Å². The number of anilines is 1. The molecule has 21 heavy (non-hydrogen) atoms. The van der Waals surface area contributed by atoms with E-state index in [0.29, 0.717) is 11.6 Å². The van der Waals surface area contributed by atoms with Gasteiger partial charge in [0.05, 0.1) is 9.26 Å². The molecule has 3 rings (SSSR count). The molecule has 0 saturated heterocycles. The highest BCUT2D eigenvalue weighted by Crippen LogP contribution is 2.30. The number of nitrogens with two attached hydrogens (primary N) is 1. The molecule has 0 aliphatic heterocycles. The summed E-state index contributed by atoms with van der Waals surface area (Å²) in [6, 6.07) is 5.86. The number of fused-ring (bicyclic) bond motifs is 1. The topological polar surface area (TPSA) is 69.1 Å². The molecule has 108 valence electrons. The van der Waals surface area contributed by atoms with E-state index in [-0.39, 0.29) is 5.41 Å². The predicted molar refractivity (Wildman–Crippen MR) is 92.0 cm³/mol. The molecule has 5 nitrogen and oxygen atoms in total. The Hall–Kier alpha value is -1.70. The van der Waals surface area contributed by atoms with E-state index in [1.54, 1.807) is 0 Å². The lowest BCUT2D eigenvalue weighted by Gasteiger charge is -2.20. The number of nitrogens with zero attached hydrogens (tertiary/aromatic N) is 4. The number of nitrogen functional groups attached to an aromatic ring is 1. The fourth-order valence-corrected chi connectivity index (χ4v) is 3.17. The van der Waals surface area contributed by atoms with Gasteiger partial charge in [-0.1, -0.05) is 26.8 Å². The second-order valence-corrected chi connectivity index (χ2v) is 7.02. The maximum absolute atomic E-state index is 6.06.